The van der Waals surface area contributed by atoms with Gasteiger partial charge >= 0.3 is 0 Å². The molecule has 0 atom stereocenters. The summed E-state index contributed by atoms with van der Waals surface area (Å²) < 4.78 is 0. The zero-order valence-corrected chi connectivity index (χ0v) is 12.9. The van der Waals surface area contributed by atoms with Crippen LogP contribution in [0.15, 0.2) is 11.6 Å². The van der Waals surface area contributed by atoms with Crippen LogP contribution < -0.4 is 5.32 Å². The van der Waals surface area contributed by atoms with Crippen molar-refractivity contribution in [2.75, 3.05) is 0 Å². The summed E-state index contributed by atoms with van der Waals surface area (Å²) in [5.41, 5.74) is 0.109. The van der Waals surface area contributed by atoms with Gasteiger partial charge in [0.2, 0.25) is 0 Å². The van der Waals surface area contributed by atoms with Crippen LogP contribution >= 0.6 is 11.3 Å². The van der Waals surface area contributed by atoms with Crippen molar-refractivity contribution in [2.24, 2.45) is 11.8 Å². The number of hydrogen-bond donors (Lipinski definition) is 1. The zero-order chi connectivity index (χ0) is 13.2. The predicted octanol–water partition coefficient (Wildman–Crippen LogP) is 4.18. The molecule has 0 bridgehead atoms. The number of nitrogens with one attached hydrogen (secondary N) is 1. The molecule has 1 aliphatic carbocycles. The van der Waals surface area contributed by atoms with Crippen LogP contribution in [0.3, 0.4) is 0 Å². The predicted molar refractivity (Wildman–Crippen MR) is 78.9 cm³/mol. The molecule has 1 aromatic heterocycles. The SMILES string of the molecule is CC(C)CC(CC(C)C)(NC1CC1)c1nccs1. The number of thiazole rings is 1. The Hall–Kier alpha value is -0.410. The first kappa shape index (κ1) is 14.0. The molecule has 1 heterocycles. The fourth-order valence-corrected chi connectivity index (χ4v) is 3.73. The Kier molecular flexibility index (Phi) is 4.44. The molecule has 2 rings (SSSR count). The maximum Gasteiger partial charge on any atom is 0.113 e. The van der Waals surface area contributed by atoms with E-state index >= 15 is 0 Å². The van der Waals surface area contributed by atoms with E-state index in [2.05, 4.69) is 43.4 Å². The molecule has 0 aromatic carbocycles. The molecule has 1 N–H and O–H groups in total. The van der Waals surface area contributed by atoms with Crippen LogP contribution in [0.4, 0.5) is 0 Å². The van der Waals surface area contributed by atoms with Crippen molar-refractivity contribution < 1.29 is 0 Å². The van der Waals surface area contributed by atoms with Gasteiger partial charge in [0, 0.05) is 17.6 Å². The van der Waals surface area contributed by atoms with E-state index in [1.165, 1.54) is 30.7 Å². The highest BCUT2D eigenvalue weighted by molar-refractivity contribution is 7.09. The molecule has 0 amide bonds. The average Bonchev–Trinajstić information content (AvgIpc) is 2.89. The number of hydrogen-bond acceptors (Lipinski definition) is 3. The van der Waals surface area contributed by atoms with Crippen LogP contribution in [-0.4, -0.2) is 11.0 Å². The molecule has 1 saturated carbocycles. The minimum Gasteiger partial charge on any atom is -0.303 e. The molecular weight excluding hydrogens is 240 g/mol. The van der Waals surface area contributed by atoms with Gasteiger partial charge in [0.05, 0.1) is 5.54 Å². The van der Waals surface area contributed by atoms with Gasteiger partial charge < -0.3 is 5.32 Å². The molecule has 102 valence electrons. The van der Waals surface area contributed by atoms with Crippen molar-refractivity contribution in [3.05, 3.63) is 16.6 Å². The molecule has 1 aliphatic rings. The zero-order valence-electron chi connectivity index (χ0n) is 12.1. The monoisotopic (exact) mass is 266 g/mol. The fraction of sp³-hybridized carbons (Fsp3) is 0.800. The van der Waals surface area contributed by atoms with E-state index < -0.39 is 0 Å². The lowest BCUT2D eigenvalue weighted by atomic mass is 9.82. The third kappa shape index (κ3) is 3.55. The van der Waals surface area contributed by atoms with Crippen LogP contribution in [0.2, 0.25) is 0 Å². The number of rotatable bonds is 7. The molecule has 1 aromatic rings. The van der Waals surface area contributed by atoms with Crippen molar-refractivity contribution in [2.45, 2.75) is 65.0 Å². The second-order valence-electron chi connectivity index (χ2n) is 6.53. The largest absolute Gasteiger partial charge is 0.303 e. The lowest BCUT2D eigenvalue weighted by Gasteiger charge is -2.36. The summed E-state index contributed by atoms with van der Waals surface area (Å²) in [5.74, 6) is 1.39. The lowest BCUT2D eigenvalue weighted by Crippen LogP contribution is -2.45. The van der Waals surface area contributed by atoms with Gasteiger partial charge in [0.15, 0.2) is 0 Å². The van der Waals surface area contributed by atoms with E-state index in [-0.39, 0.29) is 5.54 Å². The van der Waals surface area contributed by atoms with Gasteiger partial charge in [0.1, 0.15) is 5.01 Å². The molecular formula is C15H26N2S. The highest BCUT2D eigenvalue weighted by atomic mass is 32.1. The Morgan fingerprint density at radius 2 is 1.89 bits per heavy atom. The van der Waals surface area contributed by atoms with Gasteiger partial charge in [-0.3, -0.25) is 0 Å². The standard InChI is InChI=1S/C15H26N2S/c1-11(2)9-15(10-12(3)4,17-13-5-6-13)14-16-7-8-18-14/h7-8,11-13,17H,5-6,9-10H2,1-4H3. The summed E-state index contributed by atoms with van der Waals surface area (Å²) >= 11 is 1.81. The van der Waals surface area contributed by atoms with Crippen LogP contribution in [0.25, 0.3) is 0 Å². The van der Waals surface area contributed by atoms with Crippen molar-refractivity contribution in [3.8, 4) is 0 Å². The fourth-order valence-electron chi connectivity index (χ4n) is 2.91. The molecule has 3 heteroatoms. The van der Waals surface area contributed by atoms with Gasteiger partial charge in [-0.2, -0.15) is 0 Å². The lowest BCUT2D eigenvalue weighted by molar-refractivity contribution is 0.220. The molecule has 1 fully saturated rings. The smallest absolute Gasteiger partial charge is 0.113 e. The normalized spacial score (nSPS) is 16.8. The molecule has 2 nitrogen and oxygen atoms in total. The number of nitrogens with zero attached hydrogens (tertiary/aromatic N) is 1. The highest BCUT2D eigenvalue weighted by Gasteiger charge is 2.40. The quantitative estimate of drug-likeness (QED) is 0.800. The topological polar surface area (TPSA) is 24.9 Å². The average molecular weight is 266 g/mol. The summed E-state index contributed by atoms with van der Waals surface area (Å²) in [5, 5.41) is 7.32. The summed E-state index contributed by atoms with van der Waals surface area (Å²) in [7, 11) is 0. The van der Waals surface area contributed by atoms with Crippen LogP contribution in [0.1, 0.15) is 58.4 Å². The first-order chi connectivity index (χ1) is 8.52. The third-order valence-electron chi connectivity index (χ3n) is 3.41. The molecule has 0 aliphatic heterocycles. The van der Waals surface area contributed by atoms with Crippen molar-refractivity contribution in [1.82, 2.24) is 10.3 Å². The third-order valence-corrected chi connectivity index (χ3v) is 4.39. The summed E-state index contributed by atoms with van der Waals surface area (Å²) in [6, 6.07) is 0.728. The number of aromatic nitrogens is 1. The Balaban J connectivity index is 2.25. The Morgan fingerprint density at radius 3 is 2.28 bits per heavy atom. The molecule has 0 radical (unpaired) electrons. The first-order valence-corrected chi connectivity index (χ1v) is 8.07. The Morgan fingerprint density at radius 1 is 1.28 bits per heavy atom. The van der Waals surface area contributed by atoms with Crippen molar-refractivity contribution >= 4 is 11.3 Å². The first-order valence-electron chi connectivity index (χ1n) is 7.19. The van der Waals surface area contributed by atoms with E-state index in [1.54, 1.807) is 0 Å². The van der Waals surface area contributed by atoms with E-state index in [0.717, 1.165) is 6.04 Å². The van der Waals surface area contributed by atoms with E-state index in [9.17, 15) is 0 Å². The second-order valence-corrected chi connectivity index (χ2v) is 7.43. The van der Waals surface area contributed by atoms with Crippen molar-refractivity contribution in [3.63, 3.8) is 0 Å². The van der Waals surface area contributed by atoms with Gasteiger partial charge in [-0.15, -0.1) is 11.3 Å². The van der Waals surface area contributed by atoms with Gasteiger partial charge in [-0.1, -0.05) is 27.7 Å². The van der Waals surface area contributed by atoms with E-state index in [0.29, 0.717) is 11.8 Å². The summed E-state index contributed by atoms with van der Waals surface area (Å²) in [6.45, 7) is 9.27. The molecule has 0 spiro atoms. The minimum absolute atomic E-state index is 0.109. The maximum absolute atomic E-state index is 4.63. The van der Waals surface area contributed by atoms with Crippen LogP contribution in [0.5, 0.6) is 0 Å². The summed E-state index contributed by atoms with van der Waals surface area (Å²) in [4.78, 5) is 4.63. The molecule has 0 unspecified atom stereocenters. The van der Waals surface area contributed by atoms with Gasteiger partial charge in [0.25, 0.3) is 0 Å². The minimum atomic E-state index is 0.109. The van der Waals surface area contributed by atoms with Gasteiger partial charge in [-0.25, -0.2) is 4.98 Å². The van der Waals surface area contributed by atoms with Crippen molar-refractivity contribution in [1.29, 1.82) is 0 Å². The highest BCUT2D eigenvalue weighted by Crippen LogP contribution is 2.39. The van der Waals surface area contributed by atoms with Gasteiger partial charge in [-0.05, 0) is 37.5 Å². The molecule has 18 heavy (non-hydrogen) atoms. The molecule has 0 saturated heterocycles. The Bertz CT molecular complexity index is 334. The van der Waals surface area contributed by atoms with E-state index in [4.69, 9.17) is 0 Å². The Labute approximate surface area is 115 Å². The second kappa shape index (κ2) is 5.70. The maximum atomic E-state index is 4.63. The summed E-state index contributed by atoms with van der Waals surface area (Å²) in [6.07, 6.45) is 7.00. The van der Waals surface area contributed by atoms with Crippen LogP contribution in [0, 0.1) is 11.8 Å². The van der Waals surface area contributed by atoms with E-state index in [1.807, 2.05) is 17.5 Å². The van der Waals surface area contributed by atoms with Crippen LogP contribution in [-0.2, 0) is 5.54 Å².